The van der Waals surface area contributed by atoms with E-state index in [1.54, 1.807) is 13.2 Å². The summed E-state index contributed by atoms with van der Waals surface area (Å²) in [7, 11) is 1.65. The number of fused-ring (bicyclic) bond motifs is 7. The van der Waals surface area contributed by atoms with Gasteiger partial charge in [-0.3, -0.25) is 4.79 Å². The fraction of sp³-hybridized carbons (Fsp3) is 0.800. The second kappa shape index (κ2) is 7.86. The molecule has 0 aromatic heterocycles. The molecule has 5 fully saturated rings. The zero-order valence-electron chi connectivity index (χ0n) is 19.4. The number of carbonyl (C=O) groups excluding carboxylic acids is 1. The van der Waals surface area contributed by atoms with E-state index in [0.29, 0.717) is 30.4 Å². The van der Waals surface area contributed by atoms with Crippen LogP contribution in [0.4, 0.5) is 0 Å². The molecule has 1 N–H and O–H groups in total. The molecule has 2 aliphatic heterocycles. The third kappa shape index (κ3) is 2.95. The summed E-state index contributed by atoms with van der Waals surface area (Å²) < 4.78 is 35.9. The maximum Gasteiger partial charge on any atom is 0.226 e. The van der Waals surface area contributed by atoms with Gasteiger partial charge in [-0.15, -0.1) is 0 Å². The molecule has 0 amide bonds. The van der Waals surface area contributed by atoms with Crippen LogP contribution in [0.25, 0.3) is 0 Å². The van der Waals surface area contributed by atoms with Crippen molar-refractivity contribution in [2.75, 3.05) is 34.1 Å². The van der Waals surface area contributed by atoms with Crippen LogP contribution in [0.1, 0.15) is 45.4 Å². The van der Waals surface area contributed by atoms with Crippen molar-refractivity contribution in [3.63, 3.8) is 0 Å². The Kier molecular flexibility index (Phi) is 5.29. The van der Waals surface area contributed by atoms with Crippen molar-refractivity contribution >= 4 is 5.78 Å². The highest BCUT2D eigenvalue weighted by Crippen LogP contribution is 2.67. The van der Waals surface area contributed by atoms with Gasteiger partial charge in [-0.05, 0) is 73.7 Å². The fourth-order valence-electron chi connectivity index (χ4n) is 8.46. The summed E-state index contributed by atoms with van der Waals surface area (Å²) >= 11 is 0. The zero-order chi connectivity index (χ0) is 22.8. The van der Waals surface area contributed by atoms with Gasteiger partial charge in [0.05, 0.1) is 12.4 Å². The fourth-order valence-corrected chi connectivity index (χ4v) is 8.46. The molecule has 0 aromatic rings. The number of rotatable bonds is 3. The molecule has 5 unspecified atom stereocenters. The molecule has 6 aliphatic rings. The monoisotopic (exact) mass is 462 g/mol. The number of carbonyl (C=O) groups is 1. The highest BCUT2D eigenvalue weighted by atomic mass is 16.9. The quantitative estimate of drug-likeness (QED) is 0.388. The second-order valence-corrected chi connectivity index (χ2v) is 10.8. The number of hydrogen-bond donors (Lipinski definition) is 1. The summed E-state index contributed by atoms with van der Waals surface area (Å²) in [6, 6.07) is 0. The molecule has 0 radical (unpaired) electrons. The SMILES string of the molecule is COCO[C@H]1CC2C(CC[C@@]23OCOC32COCO2)C2CCC3=CC(=O)/C(=C\O)C[C@]3(C)C21. The molecular formula is C25H34O8. The van der Waals surface area contributed by atoms with Gasteiger partial charge in [-0.25, -0.2) is 0 Å². The molecule has 33 heavy (non-hydrogen) atoms. The summed E-state index contributed by atoms with van der Waals surface area (Å²) in [5, 5.41) is 9.76. The van der Waals surface area contributed by atoms with Gasteiger partial charge in [0.2, 0.25) is 5.79 Å². The minimum atomic E-state index is -0.835. The van der Waals surface area contributed by atoms with Crippen molar-refractivity contribution in [3.8, 4) is 0 Å². The van der Waals surface area contributed by atoms with E-state index >= 15 is 0 Å². The Morgan fingerprint density at radius 2 is 2.06 bits per heavy atom. The molecule has 0 bridgehead atoms. The predicted octanol–water partition coefficient (Wildman–Crippen LogP) is 3.22. The van der Waals surface area contributed by atoms with Gasteiger partial charge in [0.25, 0.3) is 0 Å². The molecule has 8 heteroatoms. The number of ketones is 1. The van der Waals surface area contributed by atoms with E-state index in [9.17, 15) is 9.90 Å². The molecule has 2 spiro atoms. The van der Waals surface area contributed by atoms with Crippen LogP contribution in [0, 0.1) is 29.1 Å². The Bertz CT molecular complexity index is 870. The molecule has 8 nitrogen and oxygen atoms in total. The topological polar surface area (TPSA) is 92.7 Å². The highest BCUT2D eigenvalue weighted by Gasteiger charge is 2.72. The van der Waals surface area contributed by atoms with Crippen LogP contribution < -0.4 is 0 Å². The van der Waals surface area contributed by atoms with Crippen LogP contribution in [0.5, 0.6) is 0 Å². The van der Waals surface area contributed by atoms with Crippen LogP contribution in [0.3, 0.4) is 0 Å². The highest BCUT2D eigenvalue weighted by molar-refractivity contribution is 6.05. The minimum absolute atomic E-state index is 0.0587. The van der Waals surface area contributed by atoms with Gasteiger partial charge in [0, 0.05) is 12.7 Å². The van der Waals surface area contributed by atoms with Crippen LogP contribution in [-0.2, 0) is 33.2 Å². The first-order chi connectivity index (χ1) is 16.0. The van der Waals surface area contributed by atoms with E-state index in [1.165, 1.54) is 5.57 Å². The number of methoxy groups -OCH3 is 1. The number of ether oxygens (including phenoxy) is 6. The second-order valence-electron chi connectivity index (χ2n) is 10.8. The van der Waals surface area contributed by atoms with Gasteiger partial charge in [-0.1, -0.05) is 12.5 Å². The van der Waals surface area contributed by atoms with Crippen molar-refractivity contribution in [1.29, 1.82) is 0 Å². The van der Waals surface area contributed by atoms with E-state index in [4.69, 9.17) is 28.4 Å². The Balaban J connectivity index is 1.39. The number of hydrogen-bond acceptors (Lipinski definition) is 8. The van der Waals surface area contributed by atoms with Crippen LogP contribution in [0.15, 0.2) is 23.5 Å². The summed E-state index contributed by atoms with van der Waals surface area (Å²) in [5.41, 5.74) is 0.924. The third-order valence-electron chi connectivity index (χ3n) is 9.74. The molecule has 0 aromatic carbocycles. The van der Waals surface area contributed by atoms with Gasteiger partial charge in [-0.2, -0.15) is 0 Å². The van der Waals surface area contributed by atoms with Gasteiger partial charge < -0.3 is 33.5 Å². The number of aliphatic hydroxyl groups excluding tert-OH is 1. The van der Waals surface area contributed by atoms with E-state index in [0.717, 1.165) is 38.4 Å². The lowest BCUT2D eigenvalue weighted by Crippen LogP contribution is -2.61. The summed E-state index contributed by atoms with van der Waals surface area (Å²) in [5.74, 6) is 0.437. The van der Waals surface area contributed by atoms with Gasteiger partial charge in [0.15, 0.2) is 19.4 Å². The molecule has 4 aliphatic carbocycles. The standard InChI is InChI=1S/C25H34O8/c1-23-9-15(10-26)20(27)7-16(23)3-4-18-17-5-6-24(25(33-14-31-24)11-29-13-32-25)19(17)8-21(22(18)23)30-12-28-2/h7,10,17-19,21-22,26H,3-6,8-9,11-14H2,1-2H3/b15-10-/t17?,18?,19?,21-,22?,23-,24+,25?/m0/s1. The summed E-state index contributed by atoms with van der Waals surface area (Å²) in [6.07, 6.45) is 7.92. The van der Waals surface area contributed by atoms with Crippen molar-refractivity contribution in [3.05, 3.63) is 23.5 Å². The smallest absolute Gasteiger partial charge is 0.226 e. The van der Waals surface area contributed by atoms with Crippen molar-refractivity contribution < 1.29 is 38.3 Å². The molecule has 6 rings (SSSR count). The zero-order valence-corrected chi connectivity index (χ0v) is 19.4. The lowest BCUT2D eigenvalue weighted by molar-refractivity contribution is -0.237. The van der Waals surface area contributed by atoms with Crippen molar-refractivity contribution in [2.24, 2.45) is 29.1 Å². The minimum Gasteiger partial charge on any atom is -0.515 e. The van der Waals surface area contributed by atoms with Crippen LogP contribution in [-0.4, -0.2) is 62.5 Å². The maximum atomic E-state index is 12.5. The first-order valence-electron chi connectivity index (χ1n) is 12.2. The molecule has 8 atom stereocenters. The van der Waals surface area contributed by atoms with E-state index in [-0.39, 0.29) is 49.5 Å². The lowest BCUT2D eigenvalue weighted by atomic mass is 9.48. The largest absolute Gasteiger partial charge is 0.515 e. The Labute approximate surface area is 194 Å². The average molecular weight is 463 g/mol. The average Bonchev–Trinajstić information content (AvgIpc) is 3.53. The van der Waals surface area contributed by atoms with E-state index in [2.05, 4.69) is 6.92 Å². The number of aliphatic hydroxyl groups is 1. The normalized spacial score (nSPS) is 50.0. The summed E-state index contributed by atoms with van der Waals surface area (Å²) in [6.45, 7) is 3.32. The van der Waals surface area contributed by atoms with Crippen molar-refractivity contribution in [2.45, 2.75) is 62.9 Å². The Morgan fingerprint density at radius 1 is 1.21 bits per heavy atom. The maximum absolute atomic E-state index is 12.5. The third-order valence-corrected chi connectivity index (χ3v) is 9.74. The Hall–Kier alpha value is -1.29. The predicted molar refractivity (Wildman–Crippen MR) is 115 cm³/mol. The van der Waals surface area contributed by atoms with Gasteiger partial charge >= 0.3 is 0 Å². The molecular weight excluding hydrogens is 428 g/mol. The molecule has 182 valence electrons. The van der Waals surface area contributed by atoms with Gasteiger partial charge in [0.1, 0.15) is 19.0 Å². The molecule has 2 heterocycles. The van der Waals surface area contributed by atoms with E-state index in [1.807, 2.05) is 0 Å². The first-order valence-corrected chi connectivity index (χ1v) is 12.2. The summed E-state index contributed by atoms with van der Waals surface area (Å²) in [4.78, 5) is 12.5. The number of allylic oxidation sites excluding steroid dienone is 2. The molecule has 2 saturated heterocycles. The lowest BCUT2D eigenvalue weighted by Gasteiger charge is -2.58. The van der Waals surface area contributed by atoms with Crippen LogP contribution in [0.2, 0.25) is 0 Å². The van der Waals surface area contributed by atoms with Crippen LogP contribution >= 0.6 is 0 Å². The Morgan fingerprint density at radius 3 is 2.82 bits per heavy atom. The van der Waals surface area contributed by atoms with E-state index < -0.39 is 11.4 Å². The van der Waals surface area contributed by atoms with Crippen molar-refractivity contribution in [1.82, 2.24) is 0 Å². The first kappa shape index (κ1) is 22.2. The molecule has 3 saturated carbocycles.